The maximum Gasteiger partial charge on any atom is 0.328 e. The van der Waals surface area contributed by atoms with Gasteiger partial charge in [0.15, 0.2) is 6.04 Å². The Morgan fingerprint density at radius 3 is 2.76 bits per heavy atom. The maximum absolute atomic E-state index is 11.6. The van der Waals surface area contributed by atoms with Crippen LogP contribution in [0.15, 0.2) is 23.0 Å². The lowest BCUT2D eigenvalue weighted by atomic mass is 10.3. The molecule has 0 saturated carbocycles. The Bertz CT molecular complexity index is 376. The first-order valence-electron chi connectivity index (χ1n) is 4.91. The fourth-order valence-electron chi connectivity index (χ4n) is 1.17. The molecule has 17 heavy (non-hydrogen) atoms. The lowest BCUT2D eigenvalue weighted by Gasteiger charge is -2.19. The molecule has 1 atom stereocenters. The number of carbonyl (C=O) groups excluding carboxylic acids is 1. The number of carboxylic acid groups (broad SMARTS) is 1. The van der Waals surface area contributed by atoms with E-state index in [2.05, 4.69) is 5.32 Å². The number of aliphatic hydroxyl groups is 1. The van der Waals surface area contributed by atoms with Crippen LogP contribution < -0.4 is 5.32 Å². The highest BCUT2D eigenvalue weighted by Gasteiger charge is 2.20. The van der Waals surface area contributed by atoms with Gasteiger partial charge in [-0.05, 0) is 6.07 Å². The van der Waals surface area contributed by atoms with Crippen molar-refractivity contribution in [1.82, 2.24) is 10.2 Å². The third kappa shape index (κ3) is 3.80. The average Bonchev–Trinajstić information content (AvgIpc) is 2.77. The van der Waals surface area contributed by atoms with Gasteiger partial charge in [0.25, 0.3) is 0 Å². The van der Waals surface area contributed by atoms with Crippen molar-refractivity contribution in [3.8, 4) is 0 Å². The van der Waals surface area contributed by atoms with Gasteiger partial charge in [-0.2, -0.15) is 0 Å². The number of urea groups is 1. The third-order valence-electron chi connectivity index (χ3n) is 2.12. The normalized spacial score (nSPS) is 11.9. The molecule has 1 aromatic rings. The van der Waals surface area contributed by atoms with E-state index in [9.17, 15) is 9.59 Å². The zero-order chi connectivity index (χ0) is 12.8. The van der Waals surface area contributed by atoms with Crippen LogP contribution in [0.3, 0.4) is 0 Å². The molecule has 1 unspecified atom stereocenters. The highest BCUT2D eigenvalue weighted by atomic mass is 16.4. The number of nitrogens with one attached hydrogen (secondary N) is 1. The highest BCUT2D eigenvalue weighted by Crippen LogP contribution is 2.03. The molecule has 94 valence electrons. The molecule has 0 aromatic carbocycles. The van der Waals surface area contributed by atoms with Crippen molar-refractivity contribution in [2.45, 2.75) is 12.6 Å². The topological polar surface area (TPSA) is 103 Å². The highest BCUT2D eigenvalue weighted by molar-refractivity contribution is 5.82. The van der Waals surface area contributed by atoms with Crippen molar-refractivity contribution in [1.29, 1.82) is 0 Å². The second-order valence-corrected chi connectivity index (χ2v) is 3.51. The Morgan fingerprint density at radius 1 is 1.59 bits per heavy atom. The monoisotopic (exact) mass is 242 g/mol. The Morgan fingerprint density at radius 2 is 2.29 bits per heavy atom. The molecule has 1 heterocycles. The van der Waals surface area contributed by atoms with Gasteiger partial charge in [0.1, 0.15) is 0 Å². The van der Waals surface area contributed by atoms with Gasteiger partial charge in [-0.15, -0.1) is 0 Å². The van der Waals surface area contributed by atoms with Crippen LogP contribution in [0.2, 0.25) is 0 Å². The van der Waals surface area contributed by atoms with Crippen LogP contribution in [0.5, 0.6) is 0 Å². The fourth-order valence-corrected chi connectivity index (χ4v) is 1.17. The van der Waals surface area contributed by atoms with Gasteiger partial charge in [-0.3, -0.25) is 0 Å². The summed E-state index contributed by atoms with van der Waals surface area (Å²) in [6.45, 7) is -0.360. The molecule has 3 N–H and O–H groups in total. The van der Waals surface area contributed by atoms with E-state index in [4.69, 9.17) is 14.6 Å². The molecule has 1 rings (SSSR count). The quantitative estimate of drug-likeness (QED) is 0.667. The number of amides is 2. The molecule has 0 aliphatic carbocycles. The molecule has 2 amide bonds. The number of furan rings is 1. The number of carboxylic acids is 1. The molecule has 0 bridgehead atoms. The zero-order valence-electron chi connectivity index (χ0n) is 9.29. The minimum atomic E-state index is -1.30. The summed E-state index contributed by atoms with van der Waals surface area (Å²) in [5, 5.41) is 19.6. The predicted octanol–water partition coefficient (Wildman–Crippen LogP) is -0.134. The molecular weight excluding hydrogens is 228 g/mol. The first kappa shape index (κ1) is 13.0. The van der Waals surface area contributed by atoms with Crippen molar-refractivity contribution >= 4 is 12.0 Å². The Labute approximate surface area is 97.6 Å². The van der Waals surface area contributed by atoms with Crippen molar-refractivity contribution in [3.63, 3.8) is 0 Å². The van der Waals surface area contributed by atoms with E-state index in [0.29, 0.717) is 6.54 Å². The molecule has 7 heteroatoms. The number of hydrogen-bond donors (Lipinski definition) is 3. The second-order valence-electron chi connectivity index (χ2n) is 3.51. The van der Waals surface area contributed by atoms with Crippen molar-refractivity contribution < 1.29 is 24.2 Å². The molecule has 0 aliphatic rings. The van der Waals surface area contributed by atoms with Crippen LogP contribution in [0.1, 0.15) is 5.56 Å². The summed E-state index contributed by atoms with van der Waals surface area (Å²) in [7, 11) is 1.51. The number of aliphatic hydroxyl groups excluding tert-OH is 1. The van der Waals surface area contributed by atoms with E-state index in [-0.39, 0.29) is 0 Å². The van der Waals surface area contributed by atoms with Gasteiger partial charge in [-0.25, -0.2) is 9.59 Å². The summed E-state index contributed by atoms with van der Waals surface area (Å²) >= 11 is 0. The summed E-state index contributed by atoms with van der Waals surface area (Å²) in [5.41, 5.74) is 0.790. The summed E-state index contributed by atoms with van der Waals surface area (Å²) in [6.07, 6.45) is 2.97. The maximum atomic E-state index is 11.6. The first-order chi connectivity index (χ1) is 8.04. The number of carbonyl (C=O) groups is 2. The molecule has 0 spiro atoms. The number of rotatable bonds is 5. The SMILES string of the molecule is CN(Cc1ccoc1)C(=O)NC(CO)C(=O)O. The van der Waals surface area contributed by atoms with Crippen LogP contribution in [0.4, 0.5) is 4.79 Å². The van der Waals surface area contributed by atoms with Gasteiger partial charge < -0.3 is 24.8 Å². The van der Waals surface area contributed by atoms with E-state index in [1.165, 1.54) is 24.5 Å². The smallest absolute Gasteiger partial charge is 0.328 e. The summed E-state index contributed by atoms with van der Waals surface area (Å²) < 4.78 is 4.84. The number of aliphatic carboxylic acids is 1. The molecule has 0 fully saturated rings. The van der Waals surface area contributed by atoms with E-state index in [0.717, 1.165) is 5.56 Å². The second kappa shape index (κ2) is 5.90. The Kier molecular flexibility index (Phi) is 4.53. The summed E-state index contributed by atoms with van der Waals surface area (Å²) in [5.74, 6) is -1.28. The van der Waals surface area contributed by atoms with Crippen LogP contribution in [0.25, 0.3) is 0 Å². The molecule has 0 saturated heterocycles. The lowest BCUT2D eigenvalue weighted by molar-refractivity contribution is -0.140. The Hall–Kier alpha value is -2.02. The minimum absolute atomic E-state index is 0.292. The van der Waals surface area contributed by atoms with Gasteiger partial charge >= 0.3 is 12.0 Å². The van der Waals surface area contributed by atoms with E-state index >= 15 is 0 Å². The minimum Gasteiger partial charge on any atom is -0.480 e. The lowest BCUT2D eigenvalue weighted by Crippen LogP contribution is -2.48. The van der Waals surface area contributed by atoms with E-state index in [1.54, 1.807) is 6.07 Å². The fraction of sp³-hybridized carbons (Fsp3) is 0.400. The molecule has 0 radical (unpaired) electrons. The van der Waals surface area contributed by atoms with Gasteiger partial charge in [0.2, 0.25) is 0 Å². The van der Waals surface area contributed by atoms with Crippen LogP contribution >= 0.6 is 0 Å². The molecular formula is C10H14N2O5. The van der Waals surface area contributed by atoms with Crippen LogP contribution in [-0.4, -0.2) is 46.8 Å². The van der Waals surface area contributed by atoms with E-state index in [1.807, 2.05) is 0 Å². The largest absolute Gasteiger partial charge is 0.480 e. The van der Waals surface area contributed by atoms with Gasteiger partial charge in [0.05, 0.1) is 25.7 Å². The standard InChI is InChI=1S/C10H14N2O5/c1-12(4-7-2-3-17-6-7)10(16)11-8(5-13)9(14)15/h2-3,6,8,13H,4-5H2,1H3,(H,11,16)(H,14,15). The number of nitrogens with zero attached hydrogens (tertiary/aromatic N) is 1. The van der Waals surface area contributed by atoms with Gasteiger partial charge in [-0.1, -0.05) is 0 Å². The van der Waals surface area contributed by atoms with E-state index < -0.39 is 24.6 Å². The van der Waals surface area contributed by atoms with Crippen LogP contribution in [-0.2, 0) is 11.3 Å². The molecule has 7 nitrogen and oxygen atoms in total. The zero-order valence-corrected chi connectivity index (χ0v) is 9.29. The van der Waals surface area contributed by atoms with Crippen molar-refractivity contribution in [2.75, 3.05) is 13.7 Å². The molecule has 1 aromatic heterocycles. The first-order valence-corrected chi connectivity index (χ1v) is 4.91. The number of hydrogen-bond acceptors (Lipinski definition) is 4. The van der Waals surface area contributed by atoms with Crippen molar-refractivity contribution in [2.24, 2.45) is 0 Å². The Balaban J connectivity index is 2.49. The van der Waals surface area contributed by atoms with Crippen molar-refractivity contribution in [3.05, 3.63) is 24.2 Å². The predicted molar refractivity (Wildman–Crippen MR) is 57.2 cm³/mol. The van der Waals surface area contributed by atoms with Gasteiger partial charge in [0, 0.05) is 12.6 Å². The summed E-state index contributed by atoms with van der Waals surface area (Å²) in [4.78, 5) is 23.4. The van der Waals surface area contributed by atoms with Crippen LogP contribution in [0, 0.1) is 0 Å². The summed E-state index contributed by atoms with van der Waals surface area (Å²) in [6, 6.07) is -0.174. The molecule has 0 aliphatic heterocycles. The third-order valence-corrected chi connectivity index (χ3v) is 2.12. The average molecular weight is 242 g/mol.